The third-order valence-corrected chi connectivity index (χ3v) is 8.99. The average Bonchev–Trinajstić information content (AvgIpc) is 3.17. The molecule has 38 heavy (non-hydrogen) atoms. The van der Waals surface area contributed by atoms with Gasteiger partial charge in [-0.1, -0.05) is 18.2 Å². The van der Waals surface area contributed by atoms with Crippen molar-refractivity contribution < 1.29 is 14.3 Å². The van der Waals surface area contributed by atoms with Crippen molar-refractivity contribution >= 4 is 34.5 Å². The van der Waals surface area contributed by atoms with Crippen LogP contribution < -0.4 is 10.9 Å². The first-order valence-electron chi connectivity index (χ1n) is 13.3. The largest absolute Gasteiger partial charge is 0.380 e. The number of aromatic nitrogens is 2. The number of nitrogens with one attached hydrogen (secondary N) is 2. The van der Waals surface area contributed by atoms with E-state index in [9.17, 15) is 14.4 Å². The van der Waals surface area contributed by atoms with Crippen LogP contribution >= 0.6 is 11.8 Å². The third-order valence-electron chi connectivity index (χ3n) is 8.19. The predicted molar refractivity (Wildman–Crippen MR) is 150 cm³/mol. The molecule has 2 aliphatic heterocycles. The molecule has 0 radical (unpaired) electrons. The molecular weight excluding hydrogens is 500 g/mol. The highest BCUT2D eigenvalue weighted by Crippen LogP contribution is 2.36. The first-order valence-corrected chi connectivity index (χ1v) is 14.5. The second-order valence-corrected chi connectivity index (χ2v) is 11.3. The van der Waals surface area contributed by atoms with Gasteiger partial charge in [0.15, 0.2) is 0 Å². The van der Waals surface area contributed by atoms with E-state index in [2.05, 4.69) is 27.9 Å². The van der Waals surface area contributed by atoms with E-state index in [1.54, 1.807) is 0 Å². The van der Waals surface area contributed by atoms with Crippen LogP contribution in [0.15, 0.2) is 40.0 Å². The summed E-state index contributed by atoms with van der Waals surface area (Å²) in [5.74, 6) is 0.473. The fraction of sp³-hybridized carbons (Fsp3) is 0.483. The van der Waals surface area contributed by atoms with Crippen LogP contribution in [-0.4, -0.2) is 58.8 Å². The number of pyridine rings is 1. The maximum atomic E-state index is 13.6. The summed E-state index contributed by atoms with van der Waals surface area (Å²) in [7, 11) is 0. The number of ether oxygens (including phenoxy) is 1. The van der Waals surface area contributed by atoms with Crippen molar-refractivity contribution in [3.05, 3.63) is 63.2 Å². The summed E-state index contributed by atoms with van der Waals surface area (Å²) in [5, 5.41) is 3.93. The number of carbonyl (C=O) groups excluding carboxylic acids is 2. The molecule has 1 aromatic carbocycles. The number of aromatic amines is 1. The molecule has 1 atom stereocenters. The van der Waals surface area contributed by atoms with Gasteiger partial charge in [-0.2, -0.15) is 0 Å². The minimum Gasteiger partial charge on any atom is -0.380 e. The van der Waals surface area contributed by atoms with Gasteiger partial charge in [-0.05, 0) is 57.9 Å². The Hall–Kier alpha value is -3.04. The Morgan fingerprint density at radius 2 is 1.89 bits per heavy atom. The molecule has 2 aliphatic rings. The van der Waals surface area contributed by atoms with E-state index in [0.29, 0.717) is 30.3 Å². The molecule has 0 unspecified atom stereocenters. The average molecular weight is 537 g/mol. The number of fused-ring (bicyclic) bond motifs is 1. The molecule has 2 saturated heterocycles. The Morgan fingerprint density at radius 3 is 2.55 bits per heavy atom. The summed E-state index contributed by atoms with van der Waals surface area (Å²) >= 11 is 1.50. The lowest BCUT2D eigenvalue weighted by atomic mass is 9.89. The van der Waals surface area contributed by atoms with E-state index in [1.807, 2.05) is 49.3 Å². The highest BCUT2D eigenvalue weighted by molar-refractivity contribution is 7.98. The zero-order valence-corrected chi connectivity index (χ0v) is 23.3. The number of aryl methyl sites for hydroxylation is 1. The number of hydrogen-bond donors (Lipinski definition) is 2. The van der Waals surface area contributed by atoms with Crippen LogP contribution in [0.25, 0.3) is 10.9 Å². The number of amides is 2. The molecule has 9 heteroatoms. The molecule has 202 valence electrons. The lowest BCUT2D eigenvalue weighted by Gasteiger charge is -2.38. The molecular formula is C29H36N4O4S. The molecule has 0 bridgehead atoms. The molecule has 0 saturated carbocycles. The highest BCUT2D eigenvalue weighted by atomic mass is 32.2. The zero-order chi connectivity index (χ0) is 27.0. The zero-order valence-electron chi connectivity index (χ0n) is 22.5. The van der Waals surface area contributed by atoms with Crippen molar-refractivity contribution in [1.29, 1.82) is 0 Å². The van der Waals surface area contributed by atoms with Gasteiger partial charge in [0.05, 0.1) is 24.7 Å². The minimum atomic E-state index is -0.181. The van der Waals surface area contributed by atoms with Gasteiger partial charge in [0, 0.05) is 58.4 Å². The van der Waals surface area contributed by atoms with Crippen molar-refractivity contribution in [2.24, 2.45) is 11.8 Å². The standard InChI is InChI=1S/C29H36N4O4S/c1-17-13-25(38-4)23(27(34)31-17)14-30-28(35)26-19(3)33(24-8-6-5-7-22(24)26)18(2)20-9-11-32(12-10-20)29(36)21-15-37-16-21/h5-8,13,18,20-21H,9-12,14-16H2,1-4H3,(H,30,35)(H,31,34)/t18-/m1/s1. The van der Waals surface area contributed by atoms with Gasteiger partial charge in [0.2, 0.25) is 5.91 Å². The molecule has 8 nitrogen and oxygen atoms in total. The van der Waals surface area contributed by atoms with Crippen LogP contribution in [0.1, 0.15) is 53.1 Å². The number of carbonyl (C=O) groups is 2. The van der Waals surface area contributed by atoms with Crippen LogP contribution in [0, 0.1) is 25.7 Å². The van der Waals surface area contributed by atoms with Gasteiger partial charge in [-0.15, -0.1) is 11.8 Å². The van der Waals surface area contributed by atoms with E-state index in [4.69, 9.17) is 4.74 Å². The molecule has 3 aromatic rings. The smallest absolute Gasteiger partial charge is 0.254 e. The van der Waals surface area contributed by atoms with Gasteiger partial charge < -0.3 is 24.5 Å². The number of para-hydroxylation sites is 1. The molecule has 0 aliphatic carbocycles. The Kier molecular flexibility index (Phi) is 7.68. The van der Waals surface area contributed by atoms with Crippen LogP contribution in [0.5, 0.6) is 0 Å². The van der Waals surface area contributed by atoms with E-state index in [1.165, 1.54) is 11.8 Å². The molecule has 2 fully saturated rings. The number of thioether (sulfide) groups is 1. The Morgan fingerprint density at radius 1 is 1.18 bits per heavy atom. The maximum absolute atomic E-state index is 13.6. The third kappa shape index (κ3) is 4.89. The topological polar surface area (TPSA) is 96.4 Å². The molecule has 2 N–H and O–H groups in total. The minimum absolute atomic E-state index is 0.0307. The number of benzene rings is 1. The summed E-state index contributed by atoms with van der Waals surface area (Å²) in [6, 6.07) is 10.1. The molecule has 4 heterocycles. The monoisotopic (exact) mass is 536 g/mol. The second-order valence-electron chi connectivity index (χ2n) is 10.5. The van der Waals surface area contributed by atoms with Crippen molar-refractivity contribution in [1.82, 2.24) is 19.8 Å². The van der Waals surface area contributed by atoms with Gasteiger partial charge in [-0.3, -0.25) is 14.4 Å². The normalized spacial score (nSPS) is 17.4. The first kappa shape index (κ1) is 26.6. The SMILES string of the molecule is CSc1cc(C)[nH]c(=O)c1CNC(=O)c1c(C)n([C@H](C)C2CCN(C(=O)C3COC3)CC2)c2ccccc12. The van der Waals surface area contributed by atoms with Crippen LogP contribution in [-0.2, 0) is 16.1 Å². The summed E-state index contributed by atoms with van der Waals surface area (Å²) in [5.41, 5.74) is 3.81. The molecule has 0 spiro atoms. The first-order chi connectivity index (χ1) is 18.3. The van der Waals surface area contributed by atoms with Crippen molar-refractivity contribution in [3.8, 4) is 0 Å². The Bertz CT molecular complexity index is 1420. The number of rotatable bonds is 7. The number of likely N-dealkylation sites (tertiary alicyclic amines) is 1. The van der Waals surface area contributed by atoms with Crippen LogP contribution in [0.2, 0.25) is 0 Å². The van der Waals surface area contributed by atoms with Gasteiger partial charge in [0.1, 0.15) is 0 Å². The maximum Gasteiger partial charge on any atom is 0.254 e. The number of nitrogens with zero attached hydrogens (tertiary/aromatic N) is 2. The summed E-state index contributed by atoms with van der Waals surface area (Å²) < 4.78 is 7.49. The molecule has 2 amide bonds. The van der Waals surface area contributed by atoms with Crippen LogP contribution in [0.4, 0.5) is 0 Å². The van der Waals surface area contributed by atoms with Crippen molar-refractivity contribution in [2.75, 3.05) is 32.6 Å². The van der Waals surface area contributed by atoms with E-state index < -0.39 is 0 Å². The summed E-state index contributed by atoms with van der Waals surface area (Å²) in [4.78, 5) is 44.5. The second kappa shape index (κ2) is 11.0. The quantitative estimate of drug-likeness (QED) is 0.444. The van der Waals surface area contributed by atoms with Crippen molar-refractivity contribution in [3.63, 3.8) is 0 Å². The lowest BCUT2D eigenvalue weighted by Crippen LogP contribution is -2.48. The summed E-state index contributed by atoms with van der Waals surface area (Å²) in [6.07, 6.45) is 3.80. The molecule has 2 aromatic heterocycles. The van der Waals surface area contributed by atoms with Gasteiger partial charge in [0.25, 0.3) is 11.5 Å². The van der Waals surface area contributed by atoms with E-state index in [-0.39, 0.29) is 35.9 Å². The fourth-order valence-electron chi connectivity index (χ4n) is 5.94. The number of piperidine rings is 1. The number of hydrogen-bond acceptors (Lipinski definition) is 5. The molecule has 5 rings (SSSR count). The van der Waals surface area contributed by atoms with Crippen LogP contribution in [0.3, 0.4) is 0 Å². The number of H-pyrrole nitrogens is 1. The Balaban J connectivity index is 1.36. The highest BCUT2D eigenvalue weighted by Gasteiger charge is 2.35. The lowest BCUT2D eigenvalue weighted by molar-refractivity contribution is -0.151. The van der Waals surface area contributed by atoms with Crippen molar-refractivity contribution in [2.45, 2.75) is 51.1 Å². The predicted octanol–water partition coefficient (Wildman–Crippen LogP) is 4.04. The summed E-state index contributed by atoms with van der Waals surface area (Å²) in [6.45, 7) is 8.87. The Labute approximate surface area is 227 Å². The van der Waals surface area contributed by atoms with E-state index >= 15 is 0 Å². The van der Waals surface area contributed by atoms with E-state index in [0.717, 1.165) is 53.1 Å². The fourth-order valence-corrected chi connectivity index (χ4v) is 6.65. The van der Waals surface area contributed by atoms with Gasteiger partial charge >= 0.3 is 0 Å². The van der Waals surface area contributed by atoms with Gasteiger partial charge in [-0.25, -0.2) is 0 Å².